The first-order valence-electron chi connectivity index (χ1n) is 6.44. The van der Waals surface area contributed by atoms with Crippen molar-refractivity contribution in [2.45, 2.75) is 13.8 Å². The van der Waals surface area contributed by atoms with Gasteiger partial charge in [-0.2, -0.15) is 0 Å². The zero-order valence-corrected chi connectivity index (χ0v) is 11.8. The maximum Gasteiger partial charge on any atom is 0.259 e. The Morgan fingerprint density at radius 2 is 1.67 bits per heavy atom. The quantitative estimate of drug-likeness (QED) is 0.811. The lowest BCUT2D eigenvalue weighted by molar-refractivity contribution is -0.114. The monoisotopic (exact) mass is 284 g/mol. The number of hydrogen-bond acceptors (Lipinski definition) is 3. The van der Waals surface area contributed by atoms with Crippen molar-refractivity contribution in [3.05, 3.63) is 53.6 Å². The lowest BCUT2D eigenvalue weighted by Gasteiger charge is -2.09. The number of anilines is 2. The largest absolute Gasteiger partial charge is 0.507 e. The van der Waals surface area contributed by atoms with Crippen LogP contribution in [0.1, 0.15) is 22.8 Å². The molecule has 2 aromatic carbocycles. The molecule has 5 nitrogen and oxygen atoms in total. The number of hydrogen-bond donors (Lipinski definition) is 3. The summed E-state index contributed by atoms with van der Waals surface area (Å²) in [4.78, 5) is 23.1. The molecule has 0 atom stereocenters. The van der Waals surface area contributed by atoms with Gasteiger partial charge in [0.15, 0.2) is 0 Å². The van der Waals surface area contributed by atoms with Gasteiger partial charge in [-0.3, -0.25) is 9.59 Å². The fourth-order valence-corrected chi connectivity index (χ4v) is 1.91. The van der Waals surface area contributed by atoms with Crippen LogP contribution in [-0.2, 0) is 4.79 Å². The van der Waals surface area contributed by atoms with E-state index in [1.54, 1.807) is 36.4 Å². The van der Waals surface area contributed by atoms with E-state index in [-0.39, 0.29) is 17.2 Å². The Kier molecular flexibility index (Phi) is 4.23. The van der Waals surface area contributed by atoms with E-state index in [1.165, 1.54) is 13.0 Å². The highest BCUT2D eigenvalue weighted by atomic mass is 16.3. The van der Waals surface area contributed by atoms with Crippen molar-refractivity contribution in [3.63, 3.8) is 0 Å². The minimum absolute atomic E-state index is 0.0643. The molecule has 0 aliphatic carbocycles. The summed E-state index contributed by atoms with van der Waals surface area (Å²) in [5, 5.41) is 15.1. The van der Waals surface area contributed by atoms with Crippen LogP contribution in [0.5, 0.6) is 5.75 Å². The minimum atomic E-state index is -0.410. The summed E-state index contributed by atoms with van der Waals surface area (Å²) in [5.41, 5.74) is 2.20. The van der Waals surface area contributed by atoms with Gasteiger partial charge in [0.2, 0.25) is 5.91 Å². The number of phenols is 1. The molecule has 0 spiro atoms. The molecule has 0 unspecified atom stereocenters. The van der Waals surface area contributed by atoms with Crippen molar-refractivity contribution in [3.8, 4) is 5.75 Å². The normalized spacial score (nSPS) is 10.0. The molecule has 2 aromatic rings. The van der Waals surface area contributed by atoms with Crippen LogP contribution in [0.15, 0.2) is 42.5 Å². The third-order valence-electron chi connectivity index (χ3n) is 2.84. The van der Waals surface area contributed by atoms with Crippen molar-refractivity contribution in [2.24, 2.45) is 0 Å². The molecular weight excluding hydrogens is 268 g/mol. The predicted molar refractivity (Wildman–Crippen MR) is 81.5 cm³/mol. The molecule has 3 N–H and O–H groups in total. The summed E-state index contributed by atoms with van der Waals surface area (Å²) in [6, 6.07) is 11.6. The van der Waals surface area contributed by atoms with E-state index in [2.05, 4.69) is 10.6 Å². The number of carbonyl (C=O) groups excluding carboxylic acids is 2. The average Bonchev–Trinajstić information content (AvgIpc) is 2.37. The van der Waals surface area contributed by atoms with Crippen LogP contribution in [0.3, 0.4) is 0 Å². The second-order valence-electron chi connectivity index (χ2n) is 4.74. The fourth-order valence-electron chi connectivity index (χ4n) is 1.91. The number of benzene rings is 2. The first-order chi connectivity index (χ1) is 9.95. The highest BCUT2D eigenvalue weighted by molar-refractivity contribution is 6.06. The molecule has 0 heterocycles. The standard InChI is InChI=1S/C16H16N2O3/c1-10-6-7-14(15(20)8-10)16(21)18-13-5-3-4-12(9-13)17-11(2)19/h3-9,20H,1-2H3,(H,17,19)(H,18,21). The molecule has 2 amide bonds. The van der Waals surface area contributed by atoms with Crippen LogP contribution in [0, 0.1) is 6.92 Å². The van der Waals surface area contributed by atoms with Gasteiger partial charge < -0.3 is 15.7 Å². The molecule has 0 bridgehead atoms. The number of rotatable bonds is 3. The zero-order valence-electron chi connectivity index (χ0n) is 11.8. The van der Waals surface area contributed by atoms with E-state index in [0.717, 1.165) is 5.56 Å². The highest BCUT2D eigenvalue weighted by Gasteiger charge is 2.11. The van der Waals surface area contributed by atoms with Gasteiger partial charge in [0, 0.05) is 18.3 Å². The molecule has 0 fully saturated rings. The molecule has 0 saturated heterocycles. The number of nitrogens with one attached hydrogen (secondary N) is 2. The van der Waals surface area contributed by atoms with Crippen LogP contribution in [0.4, 0.5) is 11.4 Å². The molecule has 108 valence electrons. The lowest BCUT2D eigenvalue weighted by atomic mass is 10.1. The number of amides is 2. The van der Waals surface area contributed by atoms with Crippen molar-refractivity contribution in [1.29, 1.82) is 0 Å². The van der Waals surface area contributed by atoms with Gasteiger partial charge in [-0.1, -0.05) is 12.1 Å². The van der Waals surface area contributed by atoms with Gasteiger partial charge in [-0.15, -0.1) is 0 Å². The summed E-state index contributed by atoms with van der Waals surface area (Å²) < 4.78 is 0. The SMILES string of the molecule is CC(=O)Nc1cccc(NC(=O)c2ccc(C)cc2O)c1. The van der Waals surface area contributed by atoms with Crippen molar-refractivity contribution in [1.82, 2.24) is 0 Å². The summed E-state index contributed by atoms with van der Waals surface area (Å²) in [5.74, 6) is -0.660. The van der Waals surface area contributed by atoms with E-state index in [4.69, 9.17) is 0 Å². The topological polar surface area (TPSA) is 78.4 Å². The average molecular weight is 284 g/mol. The summed E-state index contributed by atoms with van der Waals surface area (Å²) >= 11 is 0. The third-order valence-corrected chi connectivity index (χ3v) is 2.84. The van der Waals surface area contributed by atoms with E-state index < -0.39 is 5.91 Å². The third kappa shape index (κ3) is 3.82. The smallest absolute Gasteiger partial charge is 0.259 e. The van der Waals surface area contributed by atoms with Crippen LogP contribution >= 0.6 is 0 Å². The summed E-state index contributed by atoms with van der Waals surface area (Å²) in [7, 11) is 0. The number of phenolic OH excluding ortho intramolecular Hbond substituents is 1. The second kappa shape index (κ2) is 6.09. The zero-order chi connectivity index (χ0) is 15.4. The van der Waals surface area contributed by atoms with Gasteiger partial charge in [0.25, 0.3) is 5.91 Å². The Balaban J connectivity index is 2.17. The molecule has 21 heavy (non-hydrogen) atoms. The predicted octanol–water partition coefficient (Wildman–Crippen LogP) is 2.91. The lowest BCUT2D eigenvalue weighted by Crippen LogP contribution is -2.12. The molecule has 0 saturated carbocycles. The molecule has 0 aromatic heterocycles. The van der Waals surface area contributed by atoms with Crippen LogP contribution in [0.2, 0.25) is 0 Å². The Morgan fingerprint density at radius 3 is 2.29 bits per heavy atom. The van der Waals surface area contributed by atoms with Crippen molar-refractivity contribution >= 4 is 23.2 Å². The highest BCUT2D eigenvalue weighted by Crippen LogP contribution is 2.21. The Morgan fingerprint density at radius 1 is 1.00 bits per heavy atom. The van der Waals surface area contributed by atoms with Crippen LogP contribution in [-0.4, -0.2) is 16.9 Å². The van der Waals surface area contributed by atoms with E-state index in [0.29, 0.717) is 11.4 Å². The summed E-state index contributed by atoms with van der Waals surface area (Å²) in [6.45, 7) is 3.24. The Bertz CT molecular complexity index is 696. The minimum Gasteiger partial charge on any atom is -0.507 e. The molecule has 2 rings (SSSR count). The van der Waals surface area contributed by atoms with Crippen molar-refractivity contribution in [2.75, 3.05) is 10.6 Å². The van der Waals surface area contributed by atoms with Gasteiger partial charge in [-0.25, -0.2) is 0 Å². The summed E-state index contributed by atoms with van der Waals surface area (Å²) in [6.07, 6.45) is 0. The van der Waals surface area contributed by atoms with Gasteiger partial charge >= 0.3 is 0 Å². The van der Waals surface area contributed by atoms with Gasteiger partial charge in [0.05, 0.1) is 5.56 Å². The number of carbonyl (C=O) groups is 2. The molecule has 0 aliphatic heterocycles. The fraction of sp³-hybridized carbons (Fsp3) is 0.125. The van der Waals surface area contributed by atoms with Crippen LogP contribution < -0.4 is 10.6 Å². The second-order valence-corrected chi connectivity index (χ2v) is 4.74. The molecule has 5 heteroatoms. The maximum atomic E-state index is 12.1. The number of aryl methyl sites for hydroxylation is 1. The Labute approximate surface area is 122 Å². The van der Waals surface area contributed by atoms with Gasteiger partial charge in [-0.05, 0) is 42.8 Å². The van der Waals surface area contributed by atoms with Crippen molar-refractivity contribution < 1.29 is 14.7 Å². The Hall–Kier alpha value is -2.82. The van der Waals surface area contributed by atoms with Gasteiger partial charge in [0.1, 0.15) is 5.75 Å². The van der Waals surface area contributed by atoms with E-state index >= 15 is 0 Å². The molecule has 0 radical (unpaired) electrons. The number of aromatic hydroxyl groups is 1. The van der Waals surface area contributed by atoms with E-state index in [1.807, 2.05) is 6.92 Å². The maximum absolute atomic E-state index is 12.1. The van der Waals surface area contributed by atoms with Crippen LogP contribution in [0.25, 0.3) is 0 Å². The van der Waals surface area contributed by atoms with E-state index in [9.17, 15) is 14.7 Å². The molecule has 0 aliphatic rings. The molecular formula is C16H16N2O3. The first kappa shape index (κ1) is 14.6. The first-order valence-corrected chi connectivity index (χ1v) is 6.44.